The molecule has 0 heterocycles. The molecule has 0 aliphatic carbocycles. The van der Waals surface area contributed by atoms with Crippen molar-refractivity contribution in [2.75, 3.05) is 6.61 Å². The van der Waals surface area contributed by atoms with Crippen LogP contribution in [0.15, 0.2) is 0 Å². The first-order chi connectivity index (χ1) is 13.2. The lowest BCUT2D eigenvalue weighted by Gasteiger charge is -2.15. The van der Waals surface area contributed by atoms with Crippen LogP contribution in [0.5, 0.6) is 0 Å². The first-order valence-corrected chi connectivity index (χ1v) is 11.6. The number of aliphatic hydroxyl groups is 1. The van der Waals surface area contributed by atoms with Gasteiger partial charge in [-0.3, -0.25) is 4.79 Å². The summed E-state index contributed by atoms with van der Waals surface area (Å²) in [5.74, 6) is 6.70. The molecule has 0 aromatic carbocycles. The summed E-state index contributed by atoms with van der Waals surface area (Å²) >= 11 is 0. The fraction of sp³-hybridized carbons (Fsp3) is 0.875. The van der Waals surface area contributed by atoms with Gasteiger partial charge in [0.1, 0.15) is 0 Å². The van der Waals surface area contributed by atoms with E-state index in [4.69, 9.17) is 0 Å². The van der Waals surface area contributed by atoms with E-state index in [9.17, 15) is 9.90 Å². The second-order valence-electron chi connectivity index (χ2n) is 7.73. The van der Waals surface area contributed by atoms with Crippen molar-refractivity contribution in [3.63, 3.8) is 0 Å². The highest BCUT2D eigenvalue weighted by Crippen LogP contribution is 2.08. The lowest BCUT2D eigenvalue weighted by Crippen LogP contribution is -2.37. The van der Waals surface area contributed by atoms with Gasteiger partial charge in [0.2, 0.25) is 5.91 Å². The zero-order valence-electron chi connectivity index (χ0n) is 18.2. The zero-order chi connectivity index (χ0) is 20.0. The number of hydrogen-bond acceptors (Lipinski definition) is 2. The van der Waals surface area contributed by atoms with Crippen molar-refractivity contribution in [2.45, 2.75) is 129 Å². The Hall–Kier alpha value is -1.01. The third-order valence-corrected chi connectivity index (χ3v) is 4.98. The Bertz CT molecular complexity index is 384. The molecule has 3 nitrogen and oxygen atoms in total. The van der Waals surface area contributed by atoms with Gasteiger partial charge in [0, 0.05) is 19.3 Å². The van der Waals surface area contributed by atoms with Crippen LogP contribution in [0.3, 0.4) is 0 Å². The molecular weight excluding hydrogens is 334 g/mol. The normalized spacial score (nSPS) is 11.7. The minimum atomic E-state index is -0.0626. The standard InChI is InChI=1S/C24H45NO2/c1-3-5-7-8-9-10-11-12-13-14-15-16-17-18-19-21-24(27)25-23(22-26)20-6-4-2/h23,26H,3-11,14-22H2,1-2H3,(H,25,27). The van der Waals surface area contributed by atoms with Gasteiger partial charge in [-0.05, 0) is 25.7 Å². The minimum absolute atomic E-state index is 0.0473. The van der Waals surface area contributed by atoms with Crippen LogP contribution in [-0.2, 0) is 4.79 Å². The minimum Gasteiger partial charge on any atom is -0.394 e. The van der Waals surface area contributed by atoms with Gasteiger partial charge >= 0.3 is 0 Å². The van der Waals surface area contributed by atoms with Crippen LogP contribution < -0.4 is 5.32 Å². The molecule has 0 spiro atoms. The molecule has 1 atom stereocenters. The predicted octanol–water partition coefficient (Wildman–Crippen LogP) is 6.14. The van der Waals surface area contributed by atoms with Crippen LogP contribution in [0, 0.1) is 11.8 Å². The molecule has 0 radical (unpaired) electrons. The summed E-state index contributed by atoms with van der Waals surface area (Å²) in [6.45, 7) is 4.42. The highest BCUT2D eigenvalue weighted by molar-refractivity contribution is 5.76. The molecular formula is C24H45NO2. The second-order valence-corrected chi connectivity index (χ2v) is 7.73. The Kier molecular flexibility index (Phi) is 20.5. The predicted molar refractivity (Wildman–Crippen MR) is 117 cm³/mol. The SMILES string of the molecule is CCCCCCCCC#CCCCCCCCC(=O)NC(CO)CCCC. The Morgan fingerprint density at radius 2 is 1.30 bits per heavy atom. The van der Waals surface area contributed by atoms with E-state index in [0.717, 1.165) is 44.9 Å². The Labute approximate surface area is 169 Å². The maximum atomic E-state index is 11.9. The average molecular weight is 380 g/mol. The van der Waals surface area contributed by atoms with Crippen LogP contribution in [-0.4, -0.2) is 23.7 Å². The molecule has 0 aromatic heterocycles. The monoisotopic (exact) mass is 379 g/mol. The summed E-state index contributed by atoms with van der Waals surface area (Å²) < 4.78 is 0. The van der Waals surface area contributed by atoms with E-state index in [2.05, 4.69) is 31.0 Å². The van der Waals surface area contributed by atoms with Crippen molar-refractivity contribution < 1.29 is 9.90 Å². The van der Waals surface area contributed by atoms with Gasteiger partial charge in [0.05, 0.1) is 12.6 Å². The van der Waals surface area contributed by atoms with Gasteiger partial charge in [-0.15, -0.1) is 11.8 Å². The summed E-state index contributed by atoms with van der Waals surface area (Å²) in [6, 6.07) is -0.0626. The number of aliphatic hydroxyl groups excluding tert-OH is 1. The number of carbonyl (C=O) groups excluding carboxylic acids is 1. The highest BCUT2D eigenvalue weighted by Gasteiger charge is 2.10. The van der Waals surface area contributed by atoms with E-state index >= 15 is 0 Å². The van der Waals surface area contributed by atoms with Crippen molar-refractivity contribution in [1.82, 2.24) is 5.32 Å². The third-order valence-electron chi connectivity index (χ3n) is 4.98. The van der Waals surface area contributed by atoms with Crippen LogP contribution in [0.25, 0.3) is 0 Å². The maximum Gasteiger partial charge on any atom is 0.220 e. The molecule has 1 amide bonds. The first kappa shape index (κ1) is 26.0. The van der Waals surface area contributed by atoms with E-state index in [1.165, 1.54) is 57.8 Å². The number of nitrogens with one attached hydrogen (secondary N) is 1. The average Bonchev–Trinajstić information content (AvgIpc) is 2.68. The lowest BCUT2D eigenvalue weighted by molar-refractivity contribution is -0.122. The largest absolute Gasteiger partial charge is 0.394 e. The molecule has 0 fully saturated rings. The number of hydrogen-bond donors (Lipinski definition) is 2. The van der Waals surface area contributed by atoms with Gasteiger partial charge in [-0.1, -0.05) is 78.1 Å². The molecule has 3 heteroatoms. The van der Waals surface area contributed by atoms with Crippen LogP contribution in [0.4, 0.5) is 0 Å². The third kappa shape index (κ3) is 19.6. The number of unbranched alkanes of at least 4 members (excludes halogenated alkanes) is 12. The maximum absolute atomic E-state index is 11.9. The van der Waals surface area contributed by atoms with Crippen LogP contribution in [0.1, 0.15) is 123 Å². The van der Waals surface area contributed by atoms with Gasteiger partial charge in [-0.2, -0.15) is 0 Å². The fourth-order valence-corrected chi connectivity index (χ4v) is 3.16. The number of carbonyl (C=O) groups is 1. The van der Waals surface area contributed by atoms with E-state index in [1.54, 1.807) is 0 Å². The lowest BCUT2D eigenvalue weighted by atomic mass is 10.1. The second kappa shape index (κ2) is 21.3. The fourth-order valence-electron chi connectivity index (χ4n) is 3.16. The molecule has 0 aliphatic heterocycles. The summed E-state index contributed by atoms with van der Waals surface area (Å²) in [6.07, 6.45) is 19.3. The molecule has 0 bridgehead atoms. The molecule has 2 N–H and O–H groups in total. The molecule has 158 valence electrons. The molecule has 0 saturated carbocycles. The van der Waals surface area contributed by atoms with Crippen molar-refractivity contribution in [2.24, 2.45) is 0 Å². The molecule has 1 unspecified atom stereocenters. The number of amides is 1. The summed E-state index contributed by atoms with van der Waals surface area (Å²) in [4.78, 5) is 11.9. The smallest absolute Gasteiger partial charge is 0.220 e. The highest BCUT2D eigenvalue weighted by atomic mass is 16.3. The topological polar surface area (TPSA) is 49.3 Å². The molecule has 0 aliphatic rings. The first-order valence-electron chi connectivity index (χ1n) is 11.6. The summed E-state index contributed by atoms with van der Waals surface area (Å²) in [7, 11) is 0. The van der Waals surface area contributed by atoms with Crippen LogP contribution in [0.2, 0.25) is 0 Å². The van der Waals surface area contributed by atoms with Crippen molar-refractivity contribution >= 4 is 5.91 Å². The Morgan fingerprint density at radius 3 is 1.85 bits per heavy atom. The zero-order valence-corrected chi connectivity index (χ0v) is 18.2. The van der Waals surface area contributed by atoms with Gasteiger partial charge in [0.15, 0.2) is 0 Å². The van der Waals surface area contributed by atoms with E-state index < -0.39 is 0 Å². The van der Waals surface area contributed by atoms with E-state index in [-0.39, 0.29) is 18.6 Å². The molecule has 0 aromatic rings. The quantitative estimate of drug-likeness (QED) is 0.222. The van der Waals surface area contributed by atoms with Crippen molar-refractivity contribution in [3.05, 3.63) is 0 Å². The summed E-state index contributed by atoms with van der Waals surface area (Å²) in [5, 5.41) is 12.2. The van der Waals surface area contributed by atoms with Crippen molar-refractivity contribution in [1.29, 1.82) is 0 Å². The molecule has 0 saturated heterocycles. The van der Waals surface area contributed by atoms with Crippen LogP contribution >= 0.6 is 0 Å². The van der Waals surface area contributed by atoms with E-state index in [0.29, 0.717) is 6.42 Å². The van der Waals surface area contributed by atoms with Crippen molar-refractivity contribution in [3.8, 4) is 11.8 Å². The Morgan fingerprint density at radius 1 is 0.778 bits per heavy atom. The van der Waals surface area contributed by atoms with Gasteiger partial charge in [0.25, 0.3) is 0 Å². The van der Waals surface area contributed by atoms with Gasteiger partial charge < -0.3 is 10.4 Å². The van der Waals surface area contributed by atoms with Gasteiger partial charge in [-0.25, -0.2) is 0 Å². The number of rotatable bonds is 18. The van der Waals surface area contributed by atoms with E-state index in [1.807, 2.05) is 0 Å². The summed E-state index contributed by atoms with van der Waals surface area (Å²) in [5.41, 5.74) is 0. The molecule has 27 heavy (non-hydrogen) atoms. The Balaban J connectivity index is 3.39. The molecule has 0 rings (SSSR count).